The second-order valence-corrected chi connectivity index (χ2v) is 8.67. The number of para-hydroxylation sites is 1. The van der Waals surface area contributed by atoms with E-state index in [0.717, 1.165) is 0 Å². The van der Waals surface area contributed by atoms with Gasteiger partial charge in [-0.15, -0.1) is 0 Å². The molecule has 2 aromatic heterocycles. The Labute approximate surface area is 160 Å². The summed E-state index contributed by atoms with van der Waals surface area (Å²) in [6.07, 6.45) is 3.60. The lowest BCUT2D eigenvalue weighted by Gasteiger charge is -2.22. The number of aryl methyl sites for hydroxylation is 1. The third-order valence-electron chi connectivity index (χ3n) is 4.61. The van der Waals surface area contributed by atoms with Crippen molar-refractivity contribution in [2.75, 3.05) is 5.32 Å². The first-order valence-electron chi connectivity index (χ1n) is 8.82. The number of nitrogens with zero attached hydrogens (tertiary/aromatic N) is 3. The second-order valence-electron chi connectivity index (χ2n) is 7.02. The van der Waals surface area contributed by atoms with E-state index in [9.17, 15) is 18.0 Å². The van der Waals surface area contributed by atoms with Gasteiger partial charge in [-0.1, -0.05) is 26.0 Å². The normalized spacial score (nSPS) is 17.2. The zero-order valence-electron chi connectivity index (χ0n) is 15.3. The van der Waals surface area contributed by atoms with E-state index < -0.39 is 21.1 Å². The number of aromatic nitrogens is 3. The molecule has 0 amide bonds. The minimum atomic E-state index is -3.91. The number of hydrogen-bond acceptors (Lipinski definition) is 6. The smallest absolute Gasteiger partial charge is 0.274 e. The molecule has 0 spiro atoms. The van der Waals surface area contributed by atoms with Gasteiger partial charge in [-0.3, -0.25) is 23.3 Å². The van der Waals surface area contributed by atoms with Gasteiger partial charge in [0.05, 0.1) is 5.69 Å². The molecule has 0 aliphatic carbocycles. The van der Waals surface area contributed by atoms with Crippen LogP contribution in [-0.4, -0.2) is 22.4 Å². The minimum absolute atomic E-state index is 0.0510. The summed E-state index contributed by atoms with van der Waals surface area (Å²) in [4.78, 5) is 30.3. The van der Waals surface area contributed by atoms with Crippen molar-refractivity contribution in [1.29, 1.82) is 0 Å². The Hall–Kier alpha value is -3.14. The van der Waals surface area contributed by atoms with Gasteiger partial charge in [0.25, 0.3) is 21.1 Å². The molecule has 2 N–H and O–H groups in total. The van der Waals surface area contributed by atoms with E-state index in [-0.39, 0.29) is 21.7 Å². The van der Waals surface area contributed by atoms with Crippen molar-refractivity contribution in [1.82, 2.24) is 18.7 Å². The number of fused-ring (bicyclic) bond motifs is 2. The van der Waals surface area contributed by atoms with E-state index in [0.29, 0.717) is 24.6 Å². The average molecular weight is 401 g/mol. The van der Waals surface area contributed by atoms with E-state index in [2.05, 4.69) is 15.0 Å². The fourth-order valence-corrected chi connectivity index (χ4v) is 4.36. The molecular formula is C18H19N5O4S. The Morgan fingerprint density at radius 1 is 1.14 bits per heavy atom. The summed E-state index contributed by atoms with van der Waals surface area (Å²) in [6, 6.07) is 6.29. The number of nitrogens with one attached hydrogen (secondary N) is 2. The first-order chi connectivity index (χ1) is 13.3. The van der Waals surface area contributed by atoms with Crippen LogP contribution in [0.5, 0.6) is 0 Å². The fraction of sp³-hybridized carbons (Fsp3) is 0.278. The van der Waals surface area contributed by atoms with Crippen LogP contribution in [0.4, 0.5) is 5.69 Å². The van der Waals surface area contributed by atoms with Crippen molar-refractivity contribution in [3.63, 3.8) is 0 Å². The van der Waals surface area contributed by atoms with Crippen molar-refractivity contribution >= 4 is 27.3 Å². The van der Waals surface area contributed by atoms with Crippen LogP contribution in [0.25, 0.3) is 11.6 Å². The topological polar surface area (TPSA) is 115 Å². The van der Waals surface area contributed by atoms with Gasteiger partial charge in [0.1, 0.15) is 15.9 Å². The summed E-state index contributed by atoms with van der Waals surface area (Å²) in [7, 11) is -3.91. The largest absolute Gasteiger partial charge is 0.339 e. The van der Waals surface area contributed by atoms with E-state index in [1.807, 2.05) is 13.8 Å². The SMILES string of the molecule is CC(C)CCn1c(=O)/c(=C2\Nc3ccccc3S(=O)(=O)N2)c(=O)n2ccnc12. The Balaban J connectivity index is 2.05. The second kappa shape index (κ2) is 6.48. The van der Waals surface area contributed by atoms with Crippen LogP contribution in [0.1, 0.15) is 20.3 Å². The number of anilines is 1. The van der Waals surface area contributed by atoms with Gasteiger partial charge >= 0.3 is 0 Å². The number of sulfonamides is 1. The maximum absolute atomic E-state index is 13.2. The molecule has 0 atom stereocenters. The number of hydrogen-bond donors (Lipinski definition) is 2. The number of imidazole rings is 1. The van der Waals surface area contributed by atoms with Crippen molar-refractivity contribution in [3.8, 4) is 0 Å². The molecule has 9 nitrogen and oxygen atoms in total. The van der Waals surface area contributed by atoms with Crippen molar-refractivity contribution in [2.45, 2.75) is 31.7 Å². The third kappa shape index (κ3) is 2.85. The predicted molar refractivity (Wildman–Crippen MR) is 104 cm³/mol. The van der Waals surface area contributed by atoms with Crippen LogP contribution in [0, 0.1) is 5.92 Å². The first-order valence-corrected chi connectivity index (χ1v) is 10.3. The third-order valence-corrected chi connectivity index (χ3v) is 6.01. The molecule has 3 aromatic rings. The van der Waals surface area contributed by atoms with Crippen LogP contribution in [0.3, 0.4) is 0 Å². The molecule has 0 saturated heterocycles. The molecule has 0 fully saturated rings. The van der Waals surface area contributed by atoms with Crippen LogP contribution < -0.4 is 26.4 Å². The highest BCUT2D eigenvalue weighted by molar-refractivity contribution is 7.90. The molecule has 0 saturated carbocycles. The van der Waals surface area contributed by atoms with Gasteiger partial charge in [-0.05, 0) is 24.5 Å². The van der Waals surface area contributed by atoms with Crippen LogP contribution in [-0.2, 0) is 16.6 Å². The molecule has 1 aromatic carbocycles. The van der Waals surface area contributed by atoms with Crippen molar-refractivity contribution in [3.05, 3.63) is 62.6 Å². The number of rotatable bonds is 3. The summed E-state index contributed by atoms with van der Waals surface area (Å²) in [5.41, 5.74) is -0.925. The quantitative estimate of drug-likeness (QED) is 0.643. The standard InChI is InChI=1S/C18H19N5O4S/c1-11(2)7-9-22-16(24)14(17(25)23-10-8-19-18(22)23)15-20-12-5-3-4-6-13(12)28(26,27)21-15/h3-6,8,10-11,20-21H,7,9H2,1-2H3/b15-14-. The van der Waals surface area contributed by atoms with Crippen LogP contribution in [0.2, 0.25) is 0 Å². The molecule has 0 bridgehead atoms. The van der Waals surface area contributed by atoms with Gasteiger partial charge in [0.15, 0.2) is 0 Å². The van der Waals surface area contributed by atoms with E-state index >= 15 is 0 Å². The highest BCUT2D eigenvalue weighted by atomic mass is 32.2. The summed E-state index contributed by atoms with van der Waals surface area (Å²) >= 11 is 0. The van der Waals surface area contributed by atoms with Gasteiger partial charge in [-0.2, -0.15) is 0 Å². The fourth-order valence-electron chi connectivity index (χ4n) is 3.16. The number of benzene rings is 1. The van der Waals surface area contributed by atoms with E-state index in [1.165, 1.54) is 27.4 Å². The Kier molecular flexibility index (Phi) is 4.22. The van der Waals surface area contributed by atoms with Crippen LogP contribution >= 0.6 is 0 Å². The van der Waals surface area contributed by atoms with E-state index in [4.69, 9.17) is 0 Å². The monoisotopic (exact) mass is 401 g/mol. The van der Waals surface area contributed by atoms with Crippen LogP contribution in [0.15, 0.2) is 51.1 Å². The van der Waals surface area contributed by atoms with Crippen molar-refractivity contribution < 1.29 is 8.42 Å². The maximum Gasteiger partial charge on any atom is 0.274 e. The lowest BCUT2D eigenvalue weighted by molar-refractivity contribution is 0.508. The molecule has 1 aliphatic rings. The highest BCUT2D eigenvalue weighted by Crippen LogP contribution is 2.26. The molecule has 0 unspecified atom stereocenters. The van der Waals surface area contributed by atoms with Gasteiger partial charge in [0.2, 0.25) is 5.78 Å². The molecule has 28 heavy (non-hydrogen) atoms. The molecule has 0 radical (unpaired) electrons. The Bertz CT molecular complexity index is 1350. The lowest BCUT2D eigenvalue weighted by atomic mass is 10.1. The van der Waals surface area contributed by atoms with E-state index in [1.54, 1.807) is 18.2 Å². The summed E-state index contributed by atoms with van der Waals surface area (Å²) in [6.45, 7) is 4.42. The minimum Gasteiger partial charge on any atom is -0.339 e. The van der Waals surface area contributed by atoms with Gasteiger partial charge in [-0.25, -0.2) is 13.4 Å². The zero-order valence-corrected chi connectivity index (χ0v) is 16.2. The Morgan fingerprint density at radius 3 is 2.64 bits per heavy atom. The predicted octanol–water partition coefficient (Wildman–Crippen LogP) is 0.0909. The maximum atomic E-state index is 13.2. The highest BCUT2D eigenvalue weighted by Gasteiger charge is 2.27. The molecule has 4 rings (SSSR count). The average Bonchev–Trinajstić information content (AvgIpc) is 3.11. The zero-order chi connectivity index (χ0) is 20.1. The molecule has 3 heterocycles. The van der Waals surface area contributed by atoms with Crippen molar-refractivity contribution in [2.24, 2.45) is 5.92 Å². The summed E-state index contributed by atoms with van der Waals surface area (Å²) in [5, 5.41) is 2.61. The molecule has 1 aliphatic heterocycles. The Morgan fingerprint density at radius 2 is 1.89 bits per heavy atom. The summed E-state index contributed by atoms with van der Waals surface area (Å²) < 4.78 is 30.2. The van der Waals surface area contributed by atoms with Gasteiger partial charge in [0, 0.05) is 18.9 Å². The first kappa shape index (κ1) is 18.2. The molecular weight excluding hydrogens is 382 g/mol. The lowest BCUT2D eigenvalue weighted by Crippen LogP contribution is -2.53. The molecule has 10 heteroatoms. The summed E-state index contributed by atoms with van der Waals surface area (Å²) in [5.74, 6) is 0.421. The molecule has 146 valence electrons. The van der Waals surface area contributed by atoms with Gasteiger partial charge < -0.3 is 5.32 Å².